The van der Waals surface area contributed by atoms with Crippen LogP contribution in [-0.4, -0.2) is 41.3 Å². The number of piperazine rings is 1. The Morgan fingerprint density at radius 3 is 2.57 bits per heavy atom. The van der Waals surface area contributed by atoms with E-state index >= 15 is 0 Å². The minimum absolute atomic E-state index is 0.0292. The van der Waals surface area contributed by atoms with E-state index in [-0.39, 0.29) is 11.9 Å². The third-order valence-corrected chi connectivity index (χ3v) is 7.35. The molecule has 1 fully saturated rings. The number of fused-ring (bicyclic) bond motifs is 1. The van der Waals surface area contributed by atoms with Crippen LogP contribution in [0.15, 0.2) is 89.2 Å². The van der Waals surface area contributed by atoms with Crippen molar-refractivity contribution in [1.29, 1.82) is 5.26 Å². The molecule has 1 atom stereocenters. The van der Waals surface area contributed by atoms with Gasteiger partial charge in [0.2, 0.25) is 12.2 Å². The summed E-state index contributed by atoms with van der Waals surface area (Å²) >= 11 is 1.59. The topological polar surface area (TPSA) is 71.7 Å². The Labute approximate surface area is 208 Å². The Morgan fingerprint density at radius 1 is 1.03 bits per heavy atom. The minimum atomic E-state index is -0.182. The van der Waals surface area contributed by atoms with E-state index in [2.05, 4.69) is 27.3 Å². The Bertz CT molecular complexity index is 1420. The van der Waals surface area contributed by atoms with Gasteiger partial charge < -0.3 is 15.1 Å². The number of carbonyl (C=O) groups is 1. The van der Waals surface area contributed by atoms with E-state index in [0.29, 0.717) is 25.6 Å². The van der Waals surface area contributed by atoms with Gasteiger partial charge in [-0.15, -0.1) is 16.3 Å². The molecule has 0 saturated carbocycles. The van der Waals surface area contributed by atoms with E-state index in [1.54, 1.807) is 11.3 Å². The highest BCUT2D eigenvalue weighted by molar-refractivity contribution is 7.17. The normalized spacial score (nSPS) is 16.2. The number of carbonyl (C=O) groups excluding carboxylic acids is 1. The molecule has 1 amide bonds. The lowest BCUT2D eigenvalue weighted by Gasteiger charge is -2.42. The second kappa shape index (κ2) is 10.00. The molecule has 1 unspecified atom stereocenters. The number of rotatable bonds is 3. The number of nitrogens with one attached hydrogen (secondary N) is 1. The summed E-state index contributed by atoms with van der Waals surface area (Å²) < 4.78 is 1.11. The smallest absolute Gasteiger partial charge is 0.255 e. The van der Waals surface area contributed by atoms with E-state index < -0.39 is 0 Å². The molecule has 5 rings (SSSR count). The average Bonchev–Trinajstić information content (AvgIpc) is 3.34. The maximum absolute atomic E-state index is 13.8. The molecule has 0 aliphatic carbocycles. The second-order valence-corrected chi connectivity index (χ2v) is 9.40. The number of benzene rings is 3. The van der Waals surface area contributed by atoms with Crippen LogP contribution in [0.25, 0.3) is 10.1 Å². The second-order valence-electron chi connectivity index (χ2n) is 8.49. The SMILES string of the molecule is Cc1ccccc1N/C(=N\C#N)N1CCN(C(=O)c2csc3ccccc23)C(c2ccccc2)C1. The number of aliphatic imine (C=N–C) groups is 1. The number of amides is 1. The Balaban J connectivity index is 1.46. The van der Waals surface area contributed by atoms with Gasteiger partial charge in [-0.3, -0.25) is 4.79 Å². The highest BCUT2D eigenvalue weighted by atomic mass is 32.1. The average molecular weight is 480 g/mol. The van der Waals surface area contributed by atoms with Gasteiger partial charge in [0.25, 0.3) is 5.91 Å². The largest absolute Gasteiger partial charge is 0.338 e. The third kappa shape index (κ3) is 4.61. The molecule has 174 valence electrons. The zero-order valence-corrected chi connectivity index (χ0v) is 20.2. The monoisotopic (exact) mass is 479 g/mol. The van der Waals surface area contributed by atoms with Gasteiger partial charge in [-0.05, 0) is 30.2 Å². The van der Waals surface area contributed by atoms with Gasteiger partial charge in [-0.25, -0.2) is 0 Å². The van der Waals surface area contributed by atoms with Gasteiger partial charge in [0.05, 0.1) is 11.6 Å². The molecular weight excluding hydrogens is 454 g/mol. The summed E-state index contributed by atoms with van der Waals surface area (Å²) in [6.07, 6.45) is 1.94. The number of para-hydroxylation sites is 1. The van der Waals surface area contributed by atoms with Gasteiger partial charge in [0, 0.05) is 40.8 Å². The van der Waals surface area contributed by atoms with Crippen molar-refractivity contribution in [3.63, 3.8) is 0 Å². The number of guanidine groups is 1. The summed E-state index contributed by atoms with van der Waals surface area (Å²) in [6, 6.07) is 25.8. The van der Waals surface area contributed by atoms with Crippen LogP contribution < -0.4 is 5.32 Å². The Kier molecular flexibility index (Phi) is 6.47. The summed E-state index contributed by atoms with van der Waals surface area (Å²) in [6.45, 7) is 3.62. The molecule has 1 aliphatic heterocycles. The summed E-state index contributed by atoms with van der Waals surface area (Å²) in [5.41, 5.74) is 3.76. The standard InChI is InChI=1S/C28H25N5OS/c1-20-9-5-7-13-24(20)31-28(30-19-29)32-15-16-33(25(17-32)21-10-3-2-4-11-21)27(34)23-18-35-26-14-8-6-12-22(23)26/h2-14,18,25H,15-17H2,1H3,(H,30,31). The predicted molar refractivity (Wildman–Crippen MR) is 141 cm³/mol. The molecule has 7 heteroatoms. The van der Waals surface area contributed by atoms with Crippen LogP contribution in [0.5, 0.6) is 0 Å². The zero-order chi connectivity index (χ0) is 24.2. The van der Waals surface area contributed by atoms with E-state index in [4.69, 9.17) is 0 Å². The lowest BCUT2D eigenvalue weighted by Crippen LogP contribution is -2.53. The van der Waals surface area contributed by atoms with Crippen LogP contribution in [0, 0.1) is 18.4 Å². The Morgan fingerprint density at radius 2 is 1.77 bits per heavy atom. The lowest BCUT2D eigenvalue weighted by atomic mass is 10.0. The quantitative estimate of drug-likeness (QED) is 0.234. The third-order valence-electron chi connectivity index (χ3n) is 6.38. The molecule has 1 aromatic heterocycles. The molecule has 6 nitrogen and oxygen atoms in total. The van der Waals surface area contributed by atoms with Crippen LogP contribution in [-0.2, 0) is 0 Å². The van der Waals surface area contributed by atoms with E-state index in [9.17, 15) is 10.1 Å². The highest BCUT2D eigenvalue weighted by Gasteiger charge is 2.34. The van der Waals surface area contributed by atoms with Crippen molar-refractivity contribution in [1.82, 2.24) is 9.80 Å². The maximum Gasteiger partial charge on any atom is 0.255 e. The molecule has 1 saturated heterocycles. The molecule has 1 N–H and O–H groups in total. The lowest BCUT2D eigenvalue weighted by molar-refractivity contribution is 0.0553. The van der Waals surface area contributed by atoms with Gasteiger partial charge in [-0.1, -0.05) is 66.7 Å². The molecule has 0 radical (unpaired) electrons. The number of nitriles is 1. The van der Waals surface area contributed by atoms with Crippen LogP contribution in [0.4, 0.5) is 5.69 Å². The number of nitrogens with zero attached hydrogens (tertiary/aromatic N) is 4. The van der Waals surface area contributed by atoms with Crippen molar-refractivity contribution >= 4 is 39.0 Å². The highest BCUT2D eigenvalue weighted by Crippen LogP contribution is 2.32. The van der Waals surface area contributed by atoms with E-state index in [1.807, 2.05) is 90.1 Å². The summed E-state index contributed by atoms with van der Waals surface area (Å²) in [5, 5.41) is 15.7. The van der Waals surface area contributed by atoms with Crippen molar-refractivity contribution in [3.8, 4) is 6.19 Å². The number of anilines is 1. The van der Waals surface area contributed by atoms with Crippen LogP contribution in [0.1, 0.15) is 27.5 Å². The van der Waals surface area contributed by atoms with Crippen molar-refractivity contribution in [2.45, 2.75) is 13.0 Å². The number of thiophene rings is 1. The van der Waals surface area contributed by atoms with Gasteiger partial charge in [0.15, 0.2) is 0 Å². The fourth-order valence-corrected chi connectivity index (χ4v) is 5.47. The first kappa shape index (κ1) is 22.6. The summed E-state index contributed by atoms with van der Waals surface area (Å²) in [7, 11) is 0. The molecule has 2 heterocycles. The first-order chi connectivity index (χ1) is 17.2. The first-order valence-electron chi connectivity index (χ1n) is 11.5. The molecular formula is C28H25N5OS. The molecule has 0 bridgehead atoms. The predicted octanol–water partition coefficient (Wildman–Crippen LogP) is 5.66. The maximum atomic E-state index is 13.8. The van der Waals surface area contributed by atoms with Crippen LogP contribution >= 0.6 is 11.3 Å². The van der Waals surface area contributed by atoms with Gasteiger partial charge in [0.1, 0.15) is 0 Å². The summed E-state index contributed by atoms with van der Waals surface area (Å²) in [5.74, 6) is 0.525. The van der Waals surface area contributed by atoms with Crippen LogP contribution in [0.3, 0.4) is 0 Å². The number of hydrogen-bond acceptors (Lipinski definition) is 4. The molecule has 1 aliphatic rings. The molecule has 0 spiro atoms. The fraction of sp³-hybridized carbons (Fsp3) is 0.179. The van der Waals surface area contributed by atoms with Crippen LogP contribution in [0.2, 0.25) is 0 Å². The first-order valence-corrected chi connectivity index (χ1v) is 12.4. The van der Waals surface area contributed by atoms with Crippen molar-refractivity contribution in [2.24, 2.45) is 4.99 Å². The van der Waals surface area contributed by atoms with Crippen molar-refractivity contribution in [2.75, 3.05) is 25.0 Å². The molecule has 3 aromatic carbocycles. The number of hydrogen-bond donors (Lipinski definition) is 1. The zero-order valence-electron chi connectivity index (χ0n) is 19.4. The van der Waals surface area contributed by atoms with E-state index in [1.165, 1.54) is 0 Å². The van der Waals surface area contributed by atoms with E-state index in [0.717, 1.165) is 32.5 Å². The number of aryl methyl sites for hydroxylation is 1. The minimum Gasteiger partial charge on any atom is -0.338 e. The molecule has 35 heavy (non-hydrogen) atoms. The van der Waals surface area contributed by atoms with Crippen molar-refractivity contribution < 1.29 is 4.79 Å². The van der Waals surface area contributed by atoms with Crippen molar-refractivity contribution in [3.05, 3.63) is 101 Å². The fourth-order valence-electron chi connectivity index (χ4n) is 4.54. The van der Waals surface area contributed by atoms with Gasteiger partial charge >= 0.3 is 0 Å². The Hall–Kier alpha value is -4.15. The molecule has 4 aromatic rings. The summed E-state index contributed by atoms with van der Waals surface area (Å²) in [4.78, 5) is 21.9. The van der Waals surface area contributed by atoms with Gasteiger partial charge in [-0.2, -0.15) is 5.26 Å².